The van der Waals surface area contributed by atoms with Gasteiger partial charge in [-0.15, -0.1) is 0 Å². The number of carbonyl (C=O) groups excluding carboxylic acids is 1. The van der Waals surface area contributed by atoms with Crippen molar-refractivity contribution in [2.45, 2.75) is 65.1 Å². The van der Waals surface area contributed by atoms with Crippen molar-refractivity contribution in [3.05, 3.63) is 85.8 Å². The third-order valence-electron chi connectivity index (χ3n) is 7.59. The van der Waals surface area contributed by atoms with E-state index in [2.05, 4.69) is 10.6 Å². The van der Waals surface area contributed by atoms with E-state index in [0.717, 1.165) is 22.8 Å². The molecule has 1 amide bonds. The van der Waals surface area contributed by atoms with Gasteiger partial charge >= 0.3 is 12.1 Å². The number of nitrogens with one attached hydrogen (secondary N) is 2. The van der Waals surface area contributed by atoms with Crippen molar-refractivity contribution >= 4 is 17.6 Å². The van der Waals surface area contributed by atoms with E-state index in [1.165, 1.54) is 26.1 Å². The lowest BCUT2D eigenvalue weighted by atomic mass is 9.89. The molecule has 1 aliphatic rings. The molecule has 230 valence electrons. The second kappa shape index (κ2) is 12.2. The number of ether oxygens (including phenoxy) is 1. The SMILES string of the molecule is CC[C@H](C)Nc1cc(F)c(C(=O)N[C@@H](Cc2ccc(-c3c(C(F)(F)F)cc(C)n(C)c3=O)c3c2COC3)C(=O)O)c(F)c1. The summed E-state index contributed by atoms with van der Waals surface area (Å²) >= 11 is 0. The fraction of sp³-hybridized carbons (Fsp3) is 0.367. The van der Waals surface area contributed by atoms with Crippen LogP contribution in [0.5, 0.6) is 0 Å². The molecule has 1 aliphatic heterocycles. The average molecular weight is 608 g/mol. The number of anilines is 1. The summed E-state index contributed by atoms with van der Waals surface area (Å²) < 4.78 is 78.1. The maximum Gasteiger partial charge on any atom is 0.417 e. The molecule has 0 radical (unpaired) electrons. The van der Waals surface area contributed by atoms with E-state index in [4.69, 9.17) is 4.74 Å². The van der Waals surface area contributed by atoms with Crippen LogP contribution in [-0.2, 0) is 42.4 Å². The zero-order valence-corrected chi connectivity index (χ0v) is 23.8. The largest absolute Gasteiger partial charge is 0.480 e. The quantitative estimate of drug-likeness (QED) is 0.284. The Hall–Kier alpha value is -4.26. The van der Waals surface area contributed by atoms with Crippen LogP contribution in [0, 0.1) is 18.6 Å². The maximum absolute atomic E-state index is 14.8. The van der Waals surface area contributed by atoms with Crippen LogP contribution in [0.15, 0.2) is 35.1 Å². The van der Waals surface area contributed by atoms with Crippen LogP contribution < -0.4 is 16.2 Å². The molecule has 3 N–H and O–H groups in total. The Morgan fingerprint density at radius 2 is 1.72 bits per heavy atom. The Morgan fingerprint density at radius 1 is 1.09 bits per heavy atom. The average Bonchev–Trinajstić information content (AvgIpc) is 3.41. The molecule has 0 bridgehead atoms. The highest BCUT2D eigenvalue weighted by atomic mass is 19.4. The number of pyridine rings is 1. The van der Waals surface area contributed by atoms with Crippen LogP contribution in [-0.4, -0.2) is 33.6 Å². The molecular formula is C30H30F5N3O5. The van der Waals surface area contributed by atoms with Gasteiger partial charge in [0.25, 0.3) is 11.5 Å². The van der Waals surface area contributed by atoms with Crippen molar-refractivity contribution in [2.24, 2.45) is 7.05 Å². The molecule has 0 saturated heterocycles. The standard InChI is InChI=1S/C30H30F5N3O5/c1-5-14(2)36-17-10-22(31)26(23(32)11-17)27(39)37-24(29(41)42)9-16-6-7-18(20-13-43-12-19(16)20)25-21(30(33,34)35)8-15(3)38(4)28(25)40/h6-8,10-11,14,24,36H,5,9,12-13H2,1-4H3,(H,37,39)(H,41,42)/t14-,24-/m0/s1. The van der Waals surface area contributed by atoms with E-state index in [1.807, 2.05) is 6.92 Å². The molecule has 2 aromatic carbocycles. The first-order valence-corrected chi connectivity index (χ1v) is 13.4. The maximum atomic E-state index is 14.8. The molecule has 0 saturated carbocycles. The molecule has 0 unspecified atom stereocenters. The Balaban J connectivity index is 1.68. The number of carboxylic acid groups (broad SMARTS) is 1. The van der Waals surface area contributed by atoms with Crippen LogP contribution >= 0.6 is 0 Å². The Kier molecular flexibility index (Phi) is 8.95. The number of aryl methyl sites for hydroxylation is 1. The number of fused-ring (bicyclic) bond motifs is 1. The van der Waals surface area contributed by atoms with Crippen molar-refractivity contribution in [1.29, 1.82) is 0 Å². The fourth-order valence-electron chi connectivity index (χ4n) is 4.98. The highest BCUT2D eigenvalue weighted by molar-refractivity contribution is 5.97. The van der Waals surface area contributed by atoms with Gasteiger partial charge in [-0.25, -0.2) is 13.6 Å². The highest BCUT2D eigenvalue weighted by Gasteiger charge is 2.37. The topological polar surface area (TPSA) is 110 Å². The second-order valence-corrected chi connectivity index (χ2v) is 10.5. The third-order valence-corrected chi connectivity index (χ3v) is 7.59. The smallest absolute Gasteiger partial charge is 0.417 e. The second-order valence-electron chi connectivity index (χ2n) is 10.5. The summed E-state index contributed by atoms with van der Waals surface area (Å²) in [4.78, 5) is 38.0. The van der Waals surface area contributed by atoms with Gasteiger partial charge in [-0.2, -0.15) is 13.2 Å². The van der Waals surface area contributed by atoms with Crippen LogP contribution in [0.25, 0.3) is 11.1 Å². The van der Waals surface area contributed by atoms with Gasteiger partial charge in [-0.1, -0.05) is 19.1 Å². The number of nitrogens with zero attached hydrogens (tertiary/aromatic N) is 1. The van der Waals surface area contributed by atoms with Gasteiger partial charge < -0.3 is 25.0 Å². The highest BCUT2D eigenvalue weighted by Crippen LogP contribution is 2.40. The molecular weight excluding hydrogens is 577 g/mol. The molecule has 2 heterocycles. The van der Waals surface area contributed by atoms with Crippen LogP contribution in [0.2, 0.25) is 0 Å². The van der Waals surface area contributed by atoms with Gasteiger partial charge in [-0.05, 0) is 60.7 Å². The molecule has 0 fully saturated rings. The molecule has 13 heteroatoms. The number of benzene rings is 2. The number of carboxylic acids is 1. The molecule has 2 atom stereocenters. The van der Waals surface area contributed by atoms with E-state index in [-0.39, 0.29) is 48.2 Å². The number of hydrogen-bond acceptors (Lipinski definition) is 5. The predicted molar refractivity (Wildman–Crippen MR) is 148 cm³/mol. The number of alkyl halides is 3. The number of carbonyl (C=O) groups is 2. The molecule has 1 aromatic heterocycles. The fourth-order valence-corrected chi connectivity index (χ4v) is 4.98. The summed E-state index contributed by atoms with van der Waals surface area (Å²) in [5.74, 6) is -5.18. The summed E-state index contributed by atoms with van der Waals surface area (Å²) in [5, 5.41) is 14.9. The Labute approximate surface area is 243 Å². The van der Waals surface area contributed by atoms with Crippen molar-refractivity contribution in [2.75, 3.05) is 5.32 Å². The van der Waals surface area contributed by atoms with Gasteiger partial charge in [0.05, 0.1) is 24.3 Å². The number of aromatic nitrogens is 1. The van der Waals surface area contributed by atoms with Crippen molar-refractivity contribution in [3.8, 4) is 11.1 Å². The van der Waals surface area contributed by atoms with Gasteiger partial charge in [0.15, 0.2) is 0 Å². The lowest BCUT2D eigenvalue weighted by Gasteiger charge is -2.20. The molecule has 3 aromatic rings. The third kappa shape index (κ3) is 6.41. The van der Waals surface area contributed by atoms with Crippen molar-refractivity contribution < 1.29 is 41.4 Å². The lowest BCUT2D eigenvalue weighted by molar-refractivity contribution is -0.139. The van der Waals surface area contributed by atoms with E-state index in [0.29, 0.717) is 17.5 Å². The predicted octanol–water partition coefficient (Wildman–Crippen LogP) is 5.32. The summed E-state index contributed by atoms with van der Waals surface area (Å²) in [6.07, 6.45) is -4.53. The van der Waals surface area contributed by atoms with E-state index in [1.54, 1.807) is 6.92 Å². The number of hydrogen-bond donors (Lipinski definition) is 3. The monoisotopic (exact) mass is 607 g/mol. The van der Waals surface area contributed by atoms with Crippen molar-refractivity contribution in [3.63, 3.8) is 0 Å². The zero-order chi connectivity index (χ0) is 31.8. The molecule has 0 aliphatic carbocycles. The normalized spacial score (nSPS) is 14.3. The van der Waals surface area contributed by atoms with Crippen LogP contribution in [0.3, 0.4) is 0 Å². The minimum atomic E-state index is -4.83. The minimum absolute atomic E-state index is 0.00433. The lowest BCUT2D eigenvalue weighted by Crippen LogP contribution is -2.43. The van der Waals surface area contributed by atoms with E-state index in [9.17, 15) is 41.4 Å². The summed E-state index contributed by atoms with van der Waals surface area (Å²) in [6, 6.07) is 3.65. The van der Waals surface area contributed by atoms with Gasteiger partial charge in [-0.3, -0.25) is 9.59 Å². The van der Waals surface area contributed by atoms with Gasteiger partial charge in [0, 0.05) is 30.9 Å². The Bertz CT molecular complexity index is 1630. The first-order chi connectivity index (χ1) is 20.1. The van der Waals surface area contributed by atoms with Crippen LogP contribution in [0.1, 0.15) is 58.6 Å². The number of halogens is 5. The molecule has 0 spiro atoms. The Morgan fingerprint density at radius 3 is 2.30 bits per heavy atom. The minimum Gasteiger partial charge on any atom is -0.480 e. The first kappa shape index (κ1) is 31.7. The number of aliphatic carboxylic acids is 1. The van der Waals surface area contributed by atoms with Gasteiger partial charge in [0.2, 0.25) is 0 Å². The molecule has 8 nitrogen and oxygen atoms in total. The molecule has 4 rings (SSSR count). The van der Waals surface area contributed by atoms with Crippen LogP contribution in [0.4, 0.5) is 27.6 Å². The van der Waals surface area contributed by atoms with Crippen molar-refractivity contribution in [1.82, 2.24) is 9.88 Å². The summed E-state index contributed by atoms with van der Waals surface area (Å²) in [5.41, 5.74) is -2.31. The number of amides is 1. The summed E-state index contributed by atoms with van der Waals surface area (Å²) in [7, 11) is 1.36. The van der Waals surface area contributed by atoms with Gasteiger partial charge in [0.1, 0.15) is 23.2 Å². The number of rotatable bonds is 9. The first-order valence-electron chi connectivity index (χ1n) is 13.4. The van der Waals surface area contributed by atoms with E-state index < -0.39 is 58.0 Å². The zero-order valence-electron chi connectivity index (χ0n) is 23.8. The summed E-state index contributed by atoms with van der Waals surface area (Å²) in [6.45, 7) is 4.84. The van der Waals surface area contributed by atoms with E-state index >= 15 is 0 Å². The molecule has 43 heavy (non-hydrogen) atoms.